The summed E-state index contributed by atoms with van der Waals surface area (Å²) in [6.07, 6.45) is 5.88. The Bertz CT molecular complexity index is 384. The molecule has 0 aliphatic carbocycles. The van der Waals surface area contributed by atoms with E-state index in [9.17, 15) is 0 Å². The number of nitrogens with zero attached hydrogens (tertiary/aromatic N) is 1. The monoisotopic (exact) mass is 294 g/mol. The van der Waals surface area contributed by atoms with Gasteiger partial charge in [0.15, 0.2) is 0 Å². The lowest BCUT2D eigenvalue weighted by Crippen LogP contribution is -2.46. The highest BCUT2D eigenvalue weighted by molar-refractivity contribution is 5.05. The van der Waals surface area contributed by atoms with Crippen LogP contribution < -0.4 is 5.32 Å². The van der Waals surface area contributed by atoms with Gasteiger partial charge in [0.05, 0.1) is 12.5 Å². The van der Waals surface area contributed by atoms with Crippen LogP contribution >= 0.6 is 0 Å². The van der Waals surface area contributed by atoms with E-state index in [1.165, 1.54) is 5.56 Å². The average molecular weight is 294 g/mol. The summed E-state index contributed by atoms with van der Waals surface area (Å²) >= 11 is 0. The number of ether oxygens (including phenoxy) is 1. The van der Waals surface area contributed by atoms with Gasteiger partial charge in [-0.25, -0.2) is 0 Å². The smallest absolute Gasteiger partial charge is 0.0947 e. The summed E-state index contributed by atoms with van der Waals surface area (Å²) in [5.74, 6) is 0.700. The maximum absolute atomic E-state index is 5.58. The third kappa shape index (κ3) is 5.46. The largest absolute Gasteiger partial charge is 0.472 e. The van der Waals surface area contributed by atoms with Crippen molar-refractivity contribution in [3.8, 4) is 0 Å². The Morgan fingerprint density at radius 1 is 1.33 bits per heavy atom. The number of nitrogens with one attached hydrogen (secondary N) is 1. The highest BCUT2D eigenvalue weighted by Gasteiger charge is 2.33. The first-order chi connectivity index (χ1) is 10.1. The fourth-order valence-electron chi connectivity index (χ4n) is 3.14. The molecule has 4 nitrogen and oxygen atoms in total. The van der Waals surface area contributed by atoms with Crippen molar-refractivity contribution in [3.05, 3.63) is 24.2 Å². The van der Waals surface area contributed by atoms with Gasteiger partial charge in [0.2, 0.25) is 0 Å². The summed E-state index contributed by atoms with van der Waals surface area (Å²) in [7, 11) is 2.20. The van der Waals surface area contributed by atoms with Crippen molar-refractivity contribution in [1.29, 1.82) is 0 Å². The Morgan fingerprint density at radius 3 is 2.71 bits per heavy atom. The van der Waals surface area contributed by atoms with Crippen molar-refractivity contribution in [2.45, 2.75) is 33.2 Å². The summed E-state index contributed by atoms with van der Waals surface area (Å²) in [6, 6.07) is 2.05. The first-order valence-corrected chi connectivity index (χ1v) is 8.08. The Kier molecular flexibility index (Phi) is 6.27. The lowest BCUT2D eigenvalue weighted by atomic mass is 9.79. The summed E-state index contributed by atoms with van der Waals surface area (Å²) < 4.78 is 10.7. The molecule has 1 saturated heterocycles. The van der Waals surface area contributed by atoms with E-state index < -0.39 is 0 Å². The van der Waals surface area contributed by atoms with Gasteiger partial charge in [-0.15, -0.1) is 0 Å². The molecule has 0 radical (unpaired) electrons. The first kappa shape index (κ1) is 16.5. The quantitative estimate of drug-likeness (QED) is 0.800. The van der Waals surface area contributed by atoms with Gasteiger partial charge in [0.1, 0.15) is 0 Å². The van der Waals surface area contributed by atoms with Crippen LogP contribution in [0, 0.1) is 11.3 Å². The maximum atomic E-state index is 5.58. The molecule has 1 aliphatic heterocycles. The molecule has 0 saturated carbocycles. The second-order valence-corrected chi connectivity index (χ2v) is 6.94. The normalized spacial score (nSPS) is 18.5. The molecule has 2 heterocycles. The number of hydrogen-bond acceptors (Lipinski definition) is 4. The fourth-order valence-corrected chi connectivity index (χ4v) is 3.14. The molecule has 1 aliphatic rings. The van der Waals surface area contributed by atoms with Crippen LogP contribution in [0.25, 0.3) is 0 Å². The molecule has 0 atom stereocenters. The van der Waals surface area contributed by atoms with Crippen LogP contribution in [0.3, 0.4) is 0 Å². The molecular weight excluding hydrogens is 264 g/mol. The second-order valence-electron chi connectivity index (χ2n) is 6.94. The molecular formula is C17H30N2O2. The zero-order valence-corrected chi connectivity index (χ0v) is 13.7. The first-order valence-electron chi connectivity index (χ1n) is 8.08. The summed E-state index contributed by atoms with van der Waals surface area (Å²) in [5, 5.41) is 3.66. The van der Waals surface area contributed by atoms with Gasteiger partial charge >= 0.3 is 0 Å². The van der Waals surface area contributed by atoms with E-state index in [2.05, 4.69) is 31.1 Å². The van der Waals surface area contributed by atoms with E-state index >= 15 is 0 Å². The molecule has 0 aromatic carbocycles. The molecule has 1 N–H and O–H groups in total. The molecule has 0 amide bonds. The second kappa shape index (κ2) is 7.97. The summed E-state index contributed by atoms with van der Waals surface area (Å²) in [5.41, 5.74) is 1.58. The van der Waals surface area contributed by atoms with E-state index in [1.54, 1.807) is 6.26 Å². The van der Waals surface area contributed by atoms with Crippen LogP contribution in [0.15, 0.2) is 23.0 Å². The minimum atomic E-state index is 0.339. The van der Waals surface area contributed by atoms with E-state index in [-0.39, 0.29) is 0 Å². The highest BCUT2D eigenvalue weighted by atomic mass is 16.5. The third-order valence-electron chi connectivity index (χ3n) is 4.24. The van der Waals surface area contributed by atoms with Crippen LogP contribution in [-0.4, -0.2) is 44.8 Å². The van der Waals surface area contributed by atoms with Crippen LogP contribution in [-0.2, 0) is 11.3 Å². The minimum absolute atomic E-state index is 0.339. The van der Waals surface area contributed by atoms with E-state index in [0.29, 0.717) is 11.3 Å². The molecule has 1 aromatic rings. The molecule has 120 valence electrons. The van der Waals surface area contributed by atoms with Crippen molar-refractivity contribution < 1.29 is 9.15 Å². The van der Waals surface area contributed by atoms with Gasteiger partial charge in [0, 0.05) is 38.4 Å². The van der Waals surface area contributed by atoms with Gasteiger partial charge in [0.25, 0.3) is 0 Å². The molecule has 4 heteroatoms. The van der Waals surface area contributed by atoms with Crippen LogP contribution in [0.4, 0.5) is 0 Å². The molecule has 1 fully saturated rings. The predicted molar refractivity (Wildman–Crippen MR) is 85.2 cm³/mol. The Balaban J connectivity index is 1.88. The van der Waals surface area contributed by atoms with Crippen molar-refractivity contribution in [3.63, 3.8) is 0 Å². The van der Waals surface area contributed by atoms with Crippen molar-refractivity contribution in [2.24, 2.45) is 11.3 Å². The van der Waals surface area contributed by atoms with Gasteiger partial charge in [-0.2, -0.15) is 0 Å². The van der Waals surface area contributed by atoms with E-state index in [4.69, 9.17) is 9.15 Å². The Labute approximate surface area is 128 Å². The molecule has 1 aromatic heterocycles. The molecule has 2 rings (SSSR count). The topological polar surface area (TPSA) is 37.6 Å². The molecule has 21 heavy (non-hydrogen) atoms. The third-order valence-corrected chi connectivity index (χ3v) is 4.24. The lowest BCUT2D eigenvalue weighted by molar-refractivity contribution is -0.00187. The Morgan fingerprint density at radius 2 is 2.10 bits per heavy atom. The van der Waals surface area contributed by atoms with Crippen LogP contribution in [0.2, 0.25) is 0 Å². The zero-order valence-electron chi connectivity index (χ0n) is 13.7. The van der Waals surface area contributed by atoms with Crippen molar-refractivity contribution >= 4 is 0 Å². The van der Waals surface area contributed by atoms with Gasteiger partial charge in [-0.05, 0) is 43.8 Å². The zero-order chi connectivity index (χ0) is 15.1. The van der Waals surface area contributed by atoms with Crippen molar-refractivity contribution in [1.82, 2.24) is 10.2 Å². The summed E-state index contributed by atoms with van der Waals surface area (Å²) in [4.78, 5) is 2.41. The number of furan rings is 1. The van der Waals surface area contributed by atoms with Gasteiger partial charge in [-0.3, -0.25) is 0 Å². The fraction of sp³-hybridized carbons (Fsp3) is 0.765. The minimum Gasteiger partial charge on any atom is -0.472 e. The molecule has 0 unspecified atom stereocenters. The predicted octanol–water partition coefficient (Wildman–Crippen LogP) is 2.75. The number of rotatable bonds is 8. The van der Waals surface area contributed by atoms with Gasteiger partial charge < -0.3 is 19.4 Å². The van der Waals surface area contributed by atoms with Crippen molar-refractivity contribution in [2.75, 3.05) is 39.9 Å². The van der Waals surface area contributed by atoms with E-state index in [1.807, 2.05) is 12.3 Å². The van der Waals surface area contributed by atoms with Crippen LogP contribution in [0.1, 0.15) is 32.3 Å². The average Bonchev–Trinajstić information content (AvgIpc) is 2.91. The number of hydrogen-bond donors (Lipinski definition) is 1. The van der Waals surface area contributed by atoms with E-state index in [0.717, 1.165) is 52.2 Å². The Hall–Kier alpha value is -0.840. The maximum Gasteiger partial charge on any atom is 0.0947 e. The standard InChI is InChI=1S/C17H30N2O2/c1-15(2)10-18-13-17(5-8-20-9-6-17)14-19(3)11-16-4-7-21-12-16/h4,7,12,15,18H,5-6,8-11,13-14H2,1-3H3. The summed E-state index contributed by atoms with van der Waals surface area (Å²) in [6.45, 7) is 10.5. The molecule has 0 spiro atoms. The highest BCUT2D eigenvalue weighted by Crippen LogP contribution is 2.31. The van der Waals surface area contributed by atoms with Gasteiger partial charge in [-0.1, -0.05) is 13.8 Å². The SMILES string of the molecule is CC(C)CNCC1(CN(C)Cc2ccoc2)CCOCC1. The van der Waals surface area contributed by atoms with Crippen LogP contribution in [0.5, 0.6) is 0 Å². The lowest BCUT2D eigenvalue weighted by Gasteiger charge is -2.40. The molecule has 0 bridgehead atoms.